The summed E-state index contributed by atoms with van der Waals surface area (Å²) in [6, 6.07) is 1.48. The summed E-state index contributed by atoms with van der Waals surface area (Å²) in [7, 11) is 1.24. The van der Waals surface area contributed by atoms with Crippen LogP contribution in [0.4, 0.5) is 14.8 Å². The number of ether oxygens (including phenoxy) is 2. The molecule has 4 heterocycles. The first-order valence-corrected chi connectivity index (χ1v) is 13.7. The fraction of sp³-hybridized carbons (Fsp3) is 0.346. The van der Waals surface area contributed by atoms with Crippen molar-refractivity contribution in [1.82, 2.24) is 15.3 Å². The minimum atomic E-state index is -1.23. The van der Waals surface area contributed by atoms with Crippen molar-refractivity contribution in [3.63, 3.8) is 0 Å². The molecule has 1 atom stereocenters. The van der Waals surface area contributed by atoms with Crippen LogP contribution in [0, 0.1) is 17.6 Å². The molecule has 1 saturated heterocycles. The first-order valence-electron chi connectivity index (χ1n) is 12.4. The lowest BCUT2D eigenvalue weighted by molar-refractivity contribution is -0.136. The number of rotatable bonds is 7. The van der Waals surface area contributed by atoms with Crippen LogP contribution in [0.5, 0.6) is 0 Å². The van der Waals surface area contributed by atoms with Crippen LogP contribution in [0.2, 0.25) is 5.02 Å². The molecule has 1 fully saturated rings. The number of carbonyl (C=O) groups is 2. The average molecular weight is 592 g/mol. The molecule has 3 aromatic rings. The largest absolute Gasteiger partial charge is 0.466 e. The zero-order chi connectivity index (χ0) is 28.4. The second-order valence-corrected chi connectivity index (χ2v) is 10.2. The first-order chi connectivity index (χ1) is 19.3. The number of oxazole rings is 1. The lowest BCUT2D eigenvalue weighted by atomic mass is 9.85. The maximum atomic E-state index is 14.5. The Morgan fingerprint density at radius 3 is 2.67 bits per heavy atom. The van der Waals surface area contributed by atoms with Crippen LogP contribution < -0.4 is 10.2 Å². The van der Waals surface area contributed by atoms with Gasteiger partial charge in [0.2, 0.25) is 5.76 Å². The van der Waals surface area contributed by atoms with E-state index in [0.29, 0.717) is 42.5 Å². The van der Waals surface area contributed by atoms with Gasteiger partial charge in [-0.25, -0.2) is 28.3 Å². The zero-order valence-electron chi connectivity index (χ0n) is 21.4. The monoisotopic (exact) mass is 591 g/mol. The summed E-state index contributed by atoms with van der Waals surface area (Å²) in [6.45, 7) is 2.90. The molecule has 0 spiro atoms. The van der Waals surface area contributed by atoms with Crippen LogP contribution in [0.15, 0.2) is 50.6 Å². The highest BCUT2D eigenvalue weighted by Gasteiger charge is 2.38. The van der Waals surface area contributed by atoms with Gasteiger partial charge in [0, 0.05) is 41.8 Å². The van der Waals surface area contributed by atoms with E-state index in [1.807, 2.05) is 4.90 Å². The number of aliphatic imine (C=N–C) groups is 1. The van der Waals surface area contributed by atoms with E-state index in [-0.39, 0.29) is 35.4 Å². The molecule has 0 amide bonds. The van der Waals surface area contributed by atoms with Gasteiger partial charge < -0.3 is 24.1 Å². The lowest BCUT2D eigenvalue weighted by Crippen LogP contribution is -2.41. The number of amidine groups is 1. The fourth-order valence-corrected chi connectivity index (χ4v) is 5.56. The first kappa shape index (κ1) is 27.7. The highest BCUT2D eigenvalue weighted by molar-refractivity contribution is 7.11. The molecule has 2 aliphatic rings. The molecule has 14 heteroatoms. The Morgan fingerprint density at radius 2 is 2.00 bits per heavy atom. The molecule has 0 saturated carbocycles. The fourth-order valence-electron chi connectivity index (χ4n) is 4.71. The van der Waals surface area contributed by atoms with E-state index in [1.54, 1.807) is 18.5 Å². The van der Waals surface area contributed by atoms with Crippen LogP contribution >= 0.6 is 22.9 Å². The Hall–Kier alpha value is -3.84. The van der Waals surface area contributed by atoms with Crippen molar-refractivity contribution >= 4 is 46.7 Å². The topological polar surface area (TPSA) is 119 Å². The van der Waals surface area contributed by atoms with Crippen LogP contribution in [0.25, 0.3) is 0 Å². The number of anilines is 1. The second-order valence-electron chi connectivity index (χ2n) is 8.91. The van der Waals surface area contributed by atoms with Gasteiger partial charge in [-0.1, -0.05) is 17.7 Å². The number of esters is 2. The third-order valence-electron chi connectivity index (χ3n) is 6.62. The Labute approximate surface area is 236 Å². The maximum Gasteiger partial charge on any atom is 0.376 e. The van der Waals surface area contributed by atoms with E-state index in [9.17, 15) is 18.4 Å². The number of allylic oxidation sites excluding steroid dienone is 1. The number of benzene rings is 1. The van der Waals surface area contributed by atoms with E-state index in [2.05, 4.69) is 20.3 Å². The Bertz CT molecular complexity index is 1480. The molecule has 10 nitrogen and oxygen atoms in total. The number of methoxy groups -OCH3 is 1. The summed E-state index contributed by atoms with van der Waals surface area (Å²) >= 11 is 7.56. The molecule has 1 unspecified atom stereocenters. The summed E-state index contributed by atoms with van der Waals surface area (Å²) in [6.07, 6.45) is 4.06. The predicted molar refractivity (Wildman–Crippen MR) is 142 cm³/mol. The highest BCUT2D eigenvalue weighted by Crippen LogP contribution is 2.41. The lowest BCUT2D eigenvalue weighted by Gasteiger charge is -2.36. The number of thiazole rings is 1. The van der Waals surface area contributed by atoms with Gasteiger partial charge in [0.05, 0.1) is 30.5 Å². The van der Waals surface area contributed by atoms with Gasteiger partial charge in [-0.15, -0.1) is 11.3 Å². The van der Waals surface area contributed by atoms with Crippen LogP contribution in [0.1, 0.15) is 46.9 Å². The SMILES string of the molecule is CCOC(=O)c1cnc(N2CCC(C3=C(C(=O)OC)C(c4ccc(F)c(F)c4Cl)N=C(c4nccs4)N3)CC2)o1. The van der Waals surface area contributed by atoms with Crippen LogP contribution in [-0.4, -0.2) is 54.5 Å². The molecule has 1 N–H and O–H groups in total. The Kier molecular flexibility index (Phi) is 8.12. The highest BCUT2D eigenvalue weighted by atomic mass is 35.5. The predicted octanol–water partition coefficient (Wildman–Crippen LogP) is 4.67. The molecular weight excluding hydrogens is 568 g/mol. The number of hydrogen-bond donors (Lipinski definition) is 1. The van der Waals surface area contributed by atoms with Gasteiger partial charge in [-0.3, -0.25) is 4.99 Å². The quantitative estimate of drug-likeness (QED) is 0.309. The molecule has 2 aromatic heterocycles. The number of piperidine rings is 1. The number of aromatic nitrogens is 2. The van der Waals surface area contributed by atoms with Gasteiger partial charge in [-0.05, 0) is 25.8 Å². The number of halogens is 3. The van der Waals surface area contributed by atoms with Gasteiger partial charge in [-0.2, -0.15) is 0 Å². The second kappa shape index (κ2) is 11.7. The van der Waals surface area contributed by atoms with E-state index in [1.165, 1.54) is 30.7 Å². The molecule has 40 heavy (non-hydrogen) atoms. The maximum absolute atomic E-state index is 14.5. The van der Waals surface area contributed by atoms with Crippen molar-refractivity contribution in [3.8, 4) is 0 Å². The minimum Gasteiger partial charge on any atom is -0.466 e. The van der Waals surface area contributed by atoms with Crippen LogP contribution in [0.3, 0.4) is 0 Å². The zero-order valence-corrected chi connectivity index (χ0v) is 23.0. The third kappa shape index (κ3) is 5.30. The molecule has 0 radical (unpaired) electrons. The molecule has 1 aromatic carbocycles. The molecule has 0 bridgehead atoms. The molecule has 2 aliphatic heterocycles. The van der Waals surface area contributed by atoms with Gasteiger partial charge in [0.1, 0.15) is 6.04 Å². The Morgan fingerprint density at radius 1 is 1.23 bits per heavy atom. The standard InChI is InChI=1S/C26H24ClF2N5O5S/c1-3-38-24(35)16-12-31-26(39-16)34-9-6-13(7-10-34)20-17(25(36)37-2)21(14-4-5-15(28)19(29)18(14)27)33-22(32-20)23-30-8-11-40-23/h4-5,8,11-13,21H,3,6-7,9-10H2,1-2H3,(H,32,33). The smallest absolute Gasteiger partial charge is 0.376 e. The number of nitrogens with one attached hydrogen (secondary N) is 1. The number of nitrogens with zero attached hydrogens (tertiary/aromatic N) is 4. The summed E-state index contributed by atoms with van der Waals surface area (Å²) in [4.78, 5) is 40.2. The third-order valence-corrected chi connectivity index (χ3v) is 7.78. The van der Waals surface area contributed by atoms with Gasteiger partial charge in [0.25, 0.3) is 6.01 Å². The Balaban J connectivity index is 1.49. The minimum absolute atomic E-state index is 0.0131. The molecule has 5 rings (SSSR count). The number of carbonyl (C=O) groups excluding carboxylic acids is 2. The summed E-state index contributed by atoms with van der Waals surface area (Å²) in [5.74, 6) is -3.40. The molecule has 0 aliphatic carbocycles. The van der Waals surface area contributed by atoms with Crippen molar-refractivity contribution in [2.45, 2.75) is 25.8 Å². The van der Waals surface area contributed by atoms with E-state index in [4.69, 9.17) is 25.5 Å². The van der Waals surface area contributed by atoms with Gasteiger partial charge >= 0.3 is 11.9 Å². The van der Waals surface area contributed by atoms with Crippen molar-refractivity contribution < 1.29 is 32.3 Å². The molecule has 210 valence electrons. The van der Waals surface area contributed by atoms with Crippen molar-refractivity contribution in [2.24, 2.45) is 10.9 Å². The van der Waals surface area contributed by atoms with Crippen molar-refractivity contribution in [2.75, 3.05) is 31.7 Å². The van der Waals surface area contributed by atoms with Crippen LogP contribution in [-0.2, 0) is 14.3 Å². The average Bonchev–Trinajstić information content (AvgIpc) is 3.69. The van der Waals surface area contributed by atoms with E-state index < -0.39 is 34.6 Å². The van der Waals surface area contributed by atoms with E-state index >= 15 is 0 Å². The summed E-state index contributed by atoms with van der Waals surface area (Å²) in [5, 5.41) is 5.13. The molecular formula is C26H24ClF2N5O5S. The van der Waals surface area contributed by atoms with Gasteiger partial charge in [0.15, 0.2) is 22.5 Å². The normalized spacial score (nSPS) is 17.9. The van der Waals surface area contributed by atoms with E-state index in [0.717, 1.165) is 6.07 Å². The summed E-state index contributed by atoms with van der Waals surface area (Å²) in [5.41, 5.74) is 0.810. The van der Waals surface area contributed by atoms with Crippen molar-refractivity contribution in [1.29, 1.82) is 0 Å². The summed E-state index contributed by atoms with van der Waals surface area (Å²) < 4.78 is 44.1. The number of hydrogen-bond acceptors (Lipinski definition) is 11. The van der Waals surface area contributed by atoms with Crippen molar-refractivity contribution in [3.05, 3.63) is 74.2 Å².